The highest BCUT2D eigenvalue weighted by Crippen LogP contribution is 2.18. The fraction of sp³-hybridized carbons (Fsp3) is 0.214. The van der Waals surface area contributed by atoms with Crippen LogP contribution >= 0.6 is 0 Å². The van der Waals surface area contributed by atoms with Crippen LogP contribution in [0.25, 0.3) is 0 Å². The lowest BCUT2D eigenvalue weighted by Crippen LogP contribution is -2.39. The predicted octanol–water partition coefficient (Wildman–Crippen LogP) is 0.206. The molecule has 2 N–H and O–H groups in total. The second kappa shape index (κ2) is 4.80. The summed E-state index contributed by atoms with van der Waals surface area (Å²) in [6.45, 7) is 1.75. The second-order valence-electron chi connectivity index (χ2n) is 4.67. The standard InChI is InChI=1S/C14H15N3O3/c1-8-5-4-6-10(15)11(8)12(18)9-7-16(2)14(20)17(3)13(9)19/h4-7H,15H2,1-3H3. The van der Waals surface area contributed by atoms with Crippen molar-refractivity contribution >= 4 is 11.5 Å². The van der Waals surface area contributed by atoms with E-state index in [0.29, 0.717) is 16.8 Å². The highest BCUT2D eigenvalue weighted by atomic mass is 16.2. The number of aryl methyl sites for hydroxylation is 2. The molecule has 1 aromatic heterocycles. The number of hydrogen-bond donors (Lipinski definition) is 1. The van der Waals surface area contributed by atoms with Gasteiger partial charge in [0.15, 0.2) is 0 Å². The normalized spacial score (nSPS) is 10.6. The zero-order chi connectivity index (χ0) is 15.0. The predicted molar refractivity (Wildman–Crippen MR) is 75.9 cm³/mol. The summed E-state index contributed by atoms with van der Waals surface area (Å²) < 4.78 is 2.10. The zero-order valence-electron chi connectivity index (χ0n) is 11.5. The molecular formula is C14H15N3O3. The van der Waals surface area contributed by atoms with E-state index < -0.39 is 17.0 Å². The average Bonchev–Trinajstić information content (AvgIpc) is 2.40. The third kappa shape index (κ3) is 2.05. The van der Waals surface area contributed by atoms with Crippen LogP contribution < -0.4 is 17.0 Å². The third-order valence-electron chi connectivity index (χ3n) is 3.22. The number of nitrogens with zero attached hydrogens (tertiary/aromatic N) is 2. The number of rotatable bonds is 2. The van der Waals surface area contributed by atoms with Gasteiger partial charge in [0.1, 0.15) is 5.56 Å². The maximum atomic E-state index is 12.5. The van der Waals surface area contributed by atoms with E-state index in [1.807, 2.05) is 0 Å². The van der Waals surface area contributed by atoms with E-state index >= 15 is 0 Å². The van der Waals surface area contributed by atoms with Gasteiger partial charge in [-0.25, -0.2) is 4.79 Å². The van der Waals surface area contributed by atoms with Crippen LogP contribution in [-0.2, 0) is 14.1 Å². The van der Waals surface area contributed by atoms with Crippen LogP contribution in [0.1, 0.15) is 21.5 Å². The van der Waals surface area contributed by atoms with Crippen LogP contribution in [0.2, 0.25) is 0 Å². The number of anilines is 1. The highest BCUT2D eigenvalue weighted by Gasteiger charge is 2.20. The minimum absolute atomic E-state index is 0.0735. The van der Waals surface area contributed by atoms with Gasteiger partial charge < -0.3 is 10.3 Å². The number of benzene rings is 1. The summed E-state index contributed by atoms with van der Waals surface area (Å²) >= 11 is 0. The lowest BCUT2D eigenvalue weighted by Gasteiger charge is -2.10. The molecule has 104 valence electrons. The first kappa shape index (κ1) is 13.8. The molecule has 1 aromatic carbocycles. The molecule has 2 rings (SSSR count). The molecule has 0 saturated heterocycles. The topological polar surface area (TPSA) is 87.1 Å². The Hall–Kier alpha value is -2.63. The van der Waals surface area contributed by atoms with E-state index in [9.17, 15) is 14.4 Å². The van der Waals surface area contributed by atoms with E-state index in [0.717, 1.165) is 4.57 Å². The maximum absolute atomic E-state index is 12.5. The minimum atomic E-state index is -0.624. The Morgan fingerprint density at radius 2 is 1.85 bits per heavy atom. The number of nitrogens with two attached hydrogens (primary N) is 1. The van der Waals surface area contributed by atoms with Gasteiger partial charge in [-0.1, -0.05) is 12.1 Å². The molecule has 20 heavy (non-hydrogen) atoms. The second-order valence-corrected chi connectivity index (χ2v) is 4.67. The summed E-state index contributed by atoms with van der Waals surface area (Å²) in [5.41, 5.74) is 5.93. The van der Waals surface area contributed by atoms with Crippen LogP contribution in [0, 0.1) is 6.92 Å². The minimum Gasteiger partial charge on any atom is -0.398 e. The Labute approximate surface area is 115 Å². The fourth-order valence-corrected chi connectivity index (χ4v) is 2.10. The summed E-state index contributed by atoms with van der Waals surface area (Å²) in [6, 6.07) is 5.09. The van der Waals surface area contributed by atoms with Gasteiger partial charge in [0.2, 0.25) is 5.78 Å². The summed E-state index contributed by atoms with van der Waals surface area (Å²) in [5.74, 6) is -0.475. The van der Waals surface area contributed by atoms with Gasteiger partial charge in [-0.2, -0.15) is 0 Å². The van der Waals surface area contributed by atoms with Gasteiger partial charge in [-0.3, -0.25) is 14.2 Å². The summed E-state index contributed by atoms with van der Waals surface area (Å²) in [4.78, 5) is 36.2. The fourth-order valence-electron chi connectivity index (χ4n) is 2.10. The van der Waals surface area contributed by atoms with Crippen molar-refractivity contribution in [2.75, 3.05) is 5.73 Å². The molecule has 0 aliphatic heterocycles. The van der Waals surface area contributed by atoms with Gasteiger partial charge in [0.25, 0.3) is 5.56 Å². The van der Waals surface area contributed by atoms with E-state index in [1.54, 1.807) is 25.1 Å². The van der Waals surface area contributed by atoms with Gasteiger partial charge >= 0.3 is 5.69 Å². The number of carbonyl (C=O) groups excluding carboxylic acids is 1. The quantitative estimate of drug-likeness (QED) is 0.625. The molecule has 1 heterocycles. The van der Waals surface area contributed by atoms with Gasteiger partial charge in [-0.05, 0) is 18.6 Å². The van der Waals surface area contributed by atoms with Crippen LogP contribution in [0.4, 0.5) is 5.69 Å². The van der Waals surface area contributed by atoms with E-state index in [2.05, 4.69) is 0 Å². The Bertz CT molecular complexity index is 795. The van der Waals surface area contributed by atoms with Gasteiger partial charge in [0.05, 0.1) is 0 Å². The molecule has 0 spiro atoms. The van der Waals surface area contributed by atoms with Crippen molar-refractivity contribution in [1.29, 1.82) is 0 Å². The van der Waals surface area contributed by atoms with Gasteiger partial charge in [-0.15, -0.1) is 0 Å². The first-order valence-corrected chi connectivity index (χ1v) is 6.01. The van der Waals surface area contributed by atoms with Crippen molar-refractivity contribution in [3.8, 4) is 0 Å². The van der Waals surface area contributed by atoms with Gasteiger partial charge in [0, 0.05) is 31.5 Å². The molecule has 0 aliphatic rings. The molecular weight excluding hydrogens is 258 g/mol. The van der Waals surface area contributed by atoms with Crippen LogP contribution in [-0.4, -0.2) is 14.9 Å². The van der Waals surface area contributed by atoms with Crippen molar-refractivity contribution in [2.45, 2.75) is 6.92 Å². The van der Waals surface area contributed by atoms with Crippen molar-refractivity contribution in [2.24, 2.45) is 14.1 Å². The average molecular weight is 273 g/mol. The SMILES string of the molecule is Cc1cccc(N)c1C(=O)c1cn(C)c(=O)n(C)c1=O. The summed E-state index contributed by atoms with van der Waals surface area (Å²) in [6.07, 6.45) is 1.25. The number of aromatic nitrogens is 2. The van der Waals surface area contributed by atoms with E-state index in [4.69, 9.17) is 5.73 Å². The van der Waals surface area contributed by atoms with Crippen molar-refractivity contribution in [3.05, 3.63) is 61.9 Å². The zero-order valence-corrected chi connectivity index (χ0v) is 11.5. The Morgan fingerprint density at radius 3 is 2.45 bits per heavy atom. The number of nitrogen functional groups attached to an aromatic ring is 1. The molecule has 0 atom stereocenters. The lowest BCUT2D eigenvalue weighted by atomic mass is 9.99. The number of ketones is 1. The van der Waals surface area contributed by atoms with E-state index in [1.165, 1.54) is 24.9 Å². The smallest absolute Gasteiger partial charge is 0.330 e. The first-order valence-electron chi connectivity index (χ1n) is 6.01. The lowest BCUT2D eigenvalue weighted by molar-refractivity contribution is 0.103. The highest BCUT2D eigenvalue weighted by molar-refractivity contribution is 6.12. The largest absolute Gasteiger partial charge is 0.398 e. The van der Waals surface area contributed by atoms with Crippen LogP contribution in [0.5, 0.6) is 0 Å². The van der Waals surface area contributed by atoms with Crippen LogP contribution in [0.15, 0.2) is 34.0 Å². The molecule has 0 radical (unpaired) electrons. The Morgan fingerprint density at radius 1 is 1.20 bits per heavy atom. The molecule has 6 heteroatoms. The molecule has 2 aromatic rings. The molecule has 0 saturated carbocycles. The molecule has 0 bridgehead atoms. The van der Waals surface area contributed by atoms with Crippen molar-refractivity contribution < 1.29 is 4.79 Å². The van der Waals surface area contributed by atoms with Crippen LogP contribution in [0.3, 0.4) is 0 Å². The first-order chi connectivity index (χ1) is 9.34. The Balaban J connectivity index is 2.73. The molecule has 0 unspecified atom stereocenters. The molecule has 6 nitrogen and oxygen atoms in total. The molecule has 0 amide bonds. The van der Waals surface area contributed by atoms with E-state index in [-0.39, 0.29) is 5.56 Å². The Kier molecular flexibility index (Phi) is 3.31. The van der Waals surface area contributed by atoms with Crippen molar-refractivity contribution in [3.63, 3.8) is 0 Å². The molecule has 0 aliphatic carbocycles. The maximum Gasteiger partial charge on any atom is 0.330 e. The number of carbonyl (C=O) groups is 1. The molecule has 0 fully saturated rings. The third-order valence-corrected chi connectivity index (χ3v) is 3.22. The summed E-state index contributed by atoms with van der Waals surface area (Å²) in [7, 11) is 2.82. The monoisotopic (exact) mass is 273 g/mol. The summed E-state index contributed by atoms with van der Waals surface area (Å²) in [5, 5.41) is 0. The van der Waals surface area contributed by atoms with Crippen molar-refractivity contribution in [1.82, 2.24) is 9.13 Å². The number of hydrogen-bond acceptors (Lipinski definition) is 4.